The lowest BCUT2D eigenvalue weighted by Gasteiger charge is -2.06. The van der Waals surface area contributed by atoms with Crippen molar-refractivity contribution < 1.29 is 22.3 Å². The summed E-state index contributed by atoms with van der Waals surface area (Å²) in [6, 6.07) is 10.6. The van der Waals surface area contributed by atoms with Crippen LogP contribution in [0.2, 0.25) is 0 Å². The number of para-hydroxylation sites is 1. The monoisotopic (exact) mass is 408 g/mol. The number of aromatic nitrogens is 1. The number of benzene rings is 2. The molecule has 6 nitrogen and oxygen atoms in total. The molecule has 0 saturated heterocycles. The molecule has 0 aliphatic rings. The van der Waals surface area contributed by atoms with Gasteiger partial charge in [-0.2, -0.15) is 8.42 Å². The minimum Gasteiger partial charge on any atom is -0.465 e. The van der Waals surface area contributed by atoms with Crippen molar-refractivity contribution in [3.8, 4) is 0 Å². The highest BCUT2D eigenvalue weighted by Crippen LogP contribution is 2.21. The van der Waals surface area contributed by atoms with E-state index in [9.17, 15) is 17.6 Å². The molecule has 1 heterocycles. The van der Waals surface area contributed by atoms with E-state index < -0.39 is 21.8 Å². The van der Waals surface area contributed by atoms with Crippen molar-refractivity contribution in [1.82, 2.24) is 4.57 Å². The van der Waals surface area contributed by atoms with Crippen LogP contribution in [-0.2, 0) is 26.1 Å². The number of hydrogen-bond acceptors (Lipinski definition) is 5. The van der Waals surface area contributed by atoms with Crippen molar-refractivity contribution in [1.29, 1.82) is 0 Å². The number of carbonyl (C=O) groups excluding carboxylic acids is 1. The number of hydrogen-bond donors (Lipinski definition) is 0. The lowest BCUT2D eigenvalue weighted by atomic mass is 10.2. The lowest BCUT2D eigenvalue weighted by molar-refractivity contribution is -0.143. The standard InChI is InChI=1S/C18H17FN2O4S2/c1-3-25-16(22)11-21-17-14(19)5-4-6-15(17)26-18(21)20-27(23,24)13-9-7-12(2)8-10-13/h4-10H,3,11H2,1-2H3/b20-18-. The minimum absolute atomic E-state index is 0.00345. The minimum atomic E-state index is -4.02. The Labute approximate surface area is 159 Å². The van der Waals surface area contributed by atoms with E-state index in [-0.39, 0.29) is 28.4 Å². The second-order valence-corrected chi connectivity index (χ2v) is 8.35. The van der Waals surface area contributed by atoms with E-state index in [0.29, 0.717) is 4.70 Å². The number of thiazole rings is 1. The molecule has 0 saturated carbocycles. The van der Waals surface area contributed by atoms with E-state index >= 15 is 0 Å². The Balaban J connectivity index is 2.20. The summed E-state index contributed by atoms with van der Waals surface area (Å²) in [6.45, 7) is 3.33. The van der Waals surface area contributed by atoms with E-state index in [1.807, 2.05) is 6.92 Å². The Morgan fingerprint density at radius 1 is 1.22 bits per heavy atom. The molecule has 27 heavy (non-hydrogen) atoms. The summed E-state index contributed by atoms with van der Waals surface area (Å²) in [5.74, 6) is -1.17. The van der Waals surface area contributed by atoms with Crippen molar-refractivity contribution in [2.75, 3.05) is 6.61 Å². The maximum atomic E-state index is 14.3. The van der Waals surface area contributed by atoms with Gasteiger partial charge in [0.15, 0.2) is 0 Å². The van der Waals surface area contributed by atoms with Gasteiger partial charge in [-0.3, -0.25) is 4.79 Å². The smallest absolute Gasteiger partial charge is 0.326 e. The molecule has 0 radical (unpaired) electrons. The lowest BCUT2D eigenvalue weighted by Crippen LogP contribution is -2.23. The van der Waals surface area contributed by atoms with Gasteiger partial charge in [0, 0.05) is 0 Å². The van der Waals surface area contributed by atoms with Crippen LogP contribution >= 0.6 is 11.3 Å². The van der Waals surface area contributed by atoms with Crippen molar-refractivity contribution >= 4 is 37.5 Å². The molecule has 0 N–H and O–H groups in total. The first-order valence-electron chi connectivity index (χ1n) is 8.13. The van der Waals surface area contributed by atoms with Gasteiger partial charge in [0.05, 0.1) is 21.7 Å². The van der Waals surface area contributed by atoms with Crippen molar-refractivity contribution in [2.24, 2.45) is 4.40 Å². The van der Waals surface area contributed by atoms with Gasteiger partial charge in [0.2, 0.25) is 4.80 Å². The normalized spacial score (nSPS) is 12.5. The summed E-state index contributed by atoms with van der Waals surface area (Å²) in [7, 11) is -4.02. The van der Waals surface area contributed by atoms with Crippen LogP contribution in [0.4, 0.5) is 4.39 Å². The average Bonchev–Trinajstić information content (AvgIpc) is 2.93. The Bertz CT molecular complexity index is 1160. The second-order valence-electron chi connectivity index (χ2n) is 5.74. The van der Waals surface area contributed by atoms with Crippen LogP contribution in [0.3, 0.4) is 0 Å². The molecule has 0 amide bonds. The number of sulfonamides is 1. The molecule has 1 aromatic heterocycles. The third-order valence-electron chi connectivity index (χ3n) is 3.76. The topological polar surface area (TPSA) is 77.7 Å². The molecular weight excluding hydrogens is 391 g/mol. The number of esters is 1. The van der Waals surface area contributed by atoms with Crippen LogP contribution in [-0.4, -0.2) is 25.6 Å². The fourth-order valence-electron chi connectivity index (χ4n) is 2.51. The highest BCUT2D eigenvalue weighted by atomic mass is 32.2. The van der Waals surface area contributed by atoms with Crippen LogP contribution in [0.25, 0.3) is 10.2 Å². The fraction of sp³-hybridized carbons (Fsp3) is 0.222. The second kappa shape index (κ2) is 7.61. The van der Waals surface area contributed by atoms with Crippen molar-refractivity contribution in [3.63, 3.8) is 0 Å². The number of halogens is 1. The number of aryl methyl sites for hydroxylation is 1. The van der Waals surface area contributed by atoms with Gasteiger partial charge in [-0.1, -0.05) is 35.1 Å². The first-order valence-corrected chi connectivity index (χ1v) is 10.4. The first-order chi connectivity index (χ1) is 12.8. The van der Waals surface area contributed by atoms with E-state index in [2.05, 4.69) is 4.40 Å². The molecule has 0 aliphatic carbocycles. The predicted molar refractivity (Wildman–Crippen MR) is 100 cm³/mol. The molecule has 142 valence electrons. The highest BCUT2D eigenvalue weighted by molar-refractivity contribution is 7.90. The van der Waals surface area contributed by atoms with Crippen molar-refractivity contribution in [2.45, 2.75) is 25.3 Å². The Morgan fingerprint density at radius 3 is 2.59 bits per heavy atom. The third-order valence-corrected chi connectivity index (χ3v) is 6.20. The van der Waals surface area contributed by atoms with Crippen LogP contribution in [0, 0.1) is 12.7 Å². The van der Waals surface area contributed by atoms with E-state index in [1.165, 1.54) is 28.8 Å². The zero-order valence-corrected chi connectivity index (χ0v) is 16.3. The summed E-state index contributed by atoms with van der Waals surface area (Å²) in [5, 5.41) is 0. The van der Waals surface area contributed by atoms with Gasteiger partial charge in [0.25, 0.3) is 10.0 Å². The van der Waals surface area contributed by atoms with E-state index in [1.54, 1.807) is 25.1 Å². The number of rotatable bonds is 5. The van der Waals surface area contributed by atoms with Gasteiger partial charge >= 0.3 is 5.97 Å². The van der Waals surface area contributed by atoms with Crippen molar-refractivity contribution in [3.05, 3.63) is 58.6 Å². The van der Waals surface area contributed by atoms with Crippen LogP contribution in [0.15, 0.2) is 51.8 Å². The molecule has 3 aromatic rings. The zero-order valence-electron chi connectivity index (χ0n) is 14.7. The van der Waals surface area contributed by atoms with Crippen LogP contribution in [0.5, 0.6) is 0 Å². The third kappa shape index (κ3) is 4.09. The SMILES string of the molecule is CCOC(=O)Cn1/c(=N/S(=O)(=O)c2ccc(C)cc2)sc2cccc(F)c21. The fourth-order valence-corrected chi connectivity index (χ4v) is 4.75. The van der Waals surface area contributed by atoms with Gasteiger partial charge in [-0.15, -0.1) is 4.40 Å². The Kier molecular flexibility index (Phi) is 5.43. The van der Waals surface area contributed by atoms with E-state index in [4.69, 9.17) is 4.74 Å². The summed E-state index contributed by atoms with van der Waals surface area (Å²) in [5.41, 5.74) is 1.03. The van der Waals surface area contributed by atoms with Gasteiger partial charge in [0.1, 0.15) is 12.4 Å². The molecule has 0 atom stereocenters. The molecule has 0 unspecified atom stereocenters. The molecule has 9 heteroatoms. The summed E-state index contributed by atoms with van der Waals surface area (Å²) < 4.78 is 50.1. The van der Waals surface area contributed by atoms with Gasteiger partial charge in [-0.25, -0.2) is 4.39 Å². The molecule has 0 fully saturated rings. The first kappa shape index (κ1) is 19.2. The molecule has 3 rings (SSSR count). The maximum absolute atomic E-state index is 14.3. The molecule has 0 bridgehead atoms. The molecule has 2 aromatic carbocycles. The molecular formula is C18H17FN2O4S2. The highest BCUT2D eigenvalue weighted by Gasteiger charge is 2.18. The number of nitrogens with zero attached hydrogens (tertiary/aromatic N) is 2. The average molecular weight is 408 g/mol. The number of carbonyl (C=O) groups is 1. The Morgan fingerprint density at radius 2 is 1.93 bits per heavy atom. The number of ether oxygens (including phenoxy) is 1. The predicted octanol–water partition coefficient (Wildman–Crippen LogP) is 3.00. The summed E-state index contributed by atoms with van der Waals surface area (Å²) >= 11 is 0.992. The zero-order chi connectivity index (χ0) is 19.6. The number of fused-ring (bicyclic) bond motifs is 1. The Hall–Kier alpha value is -2.52. The van der Waals surface area contributed by atoms with Gasteiger partial charge < -0.3 is 9.30 Å². The maximum Gasteiger partial charge on any atom is 0.326 e. The van der Waals surface area contributed by atoms with Gasteiger partial charge in [-0.05, 0) is 38.1 Å². The largest absolute Gasteiger partial charge is 0.465 e. The van der Waals surface area contributed by atoms with Crippen LogP contribution < -0.4 is 4.80 Å². The molecule has 0 aliphatic heterocycles. The summed E-state index contributed by atoms with van der Waals surface area (Å²) in [4.78, 5) is 12.0. The van der Waals surface area contributed by atoms with Crippen LogP contribution in [0.1, 0.15) is 12.5 Å². The molecule has 0 spiro atoms. The van der Waals surface area contributed by atoms with E-state index in [0.717, 1.165) is 16.9 Å². The summed E-state index contributed by atoms with van der Waals surface area (Å²) in [6.07, 6.45) is 0. The quantitative estimate of drug-likeness (QED) is 0.608.